The molecule has 0 saturated heterocycles. The first-order chi connectivity index (χ1) is 5.55. The van der Waals surface area contributed by atoms with Gasteiger partial charge in [-0.3, -0.25) is 0 Å². The lowest BCUT2D eigenvalue weighted by molar-refractivity contribution is 1.04. The van der Waals surface area contributed by atoms with Gasteiger partial charge in [-0.2, -0.15) is 4.37 Å². The summed E-state index contributed by atoms with van der Waals surface area (Å²) in [5.41, 5.74) is 0. The van der Waals surface area contributed by atoms with Gasteiger partial charge in [0.25, 0.3) is 0 Å². The van der Waals surface area contributed by atoms with E-state index in [0.717, 1.165) is 11.7 Å². The van der Waals surface area contributed by atoms with Gasteiger partial charge in [-0.25, -0.2) is 4.98 Å². The van der Waals surface area contributed by atoms with E-state index in [4.69, 9.17) is 0 Å². The van der Waals surface area contributed by atoms with Crippen LogP contribution in [0.4, 0.5) is 5.13 Å². The van der Waals surface area contributed by atoms with Gasteiger partial charge in [0.15, 0.2) is 5.13 Å². The minimum Gasteiger partial charge on any atom is -0.374 e. The zero-order valence-electron chi connectivity index (χ0n) is 8.03. The molecule has 0 atom stereocenters. The van der Waals surface area contributed by atoms with Gasteiger partial charge in [-0.1, -0.05) is 19.6 Å². The zero-order valence-corrected chi connectivity index (χ0v) is 9.85. The van der Waals surface area contributed by atoms with Gasteiger partial charge >= 0.3 is 0 Å². The Kier molecular flexibility index (Phi) is 2.84. The predicted octanol–water partition coefficient (Wildman–Crippen LogP) is 2.20. The molecule has 0 radical (unpaired) electrons. The summed E-state index contributed by atoms with van der Waals surface area (Å²) in [4.78, 5) is 4.22. The van der Waals surface area contributed by atoms with Crippen LogP contribution in [-0.2, 0) is 0 Å². The number of nitrogens with zero attached hydrogens (tertiary/aromatic N) is 3. The van der Waals surface area contributed by atoms with Crippen LogP contribution in [0.3, 0.4) is 0 Å². The van der Waals surface area contributed by atoms with E-state index in [1.807, 2.05) is 0 Å². The third-order valence-electron chi connectivity index (χ3n) is 1.71. The highest BCUT2D eigenvalue weighted by atomic mass is 32.1. The molecule has 12 heavy (non-hydrogen) atoms. The summed E-state index contributed by atoms with van der Waals surface area (Å²) in [6.45, 7) is 10.2. The van der Waals surface area contributed by atoms with Crippen LogP contribution in [0.5, 0.6) is 0 Å². The maximum absolute atomic E-state index is 4.22. The molecule has 1 heterocycles. The van der Waals surface area contributed by atoms with Crippen molar-refractivity contribution in [2.24, 2.45) is 0 Å². The first-order valence-electron chi connectivity index (χ1n) is 4.10. The first kappa shape index (κ1) is 9.66. The molecule has 0 saturated carbocycles. The largest absolute Gasteiger partial charge is 0.374 e. The van der Waals surface area contributed by atoms with Crippen molar-refractivity contribution in [2.45, 2.75) is 26.6 Å². The molecule has 0 spiro atoms. The highest BCUT2D eigenvalue weighted by Crippen LogP contribution is 2.21. The number of hydrogen-bond acceptors (Lipinski definition) is 4. The maximum atomic E-state index is 4.22. The van der Waals surface area contributed by atoms with Crippen molar-refractivity contribution in [3.05, 3.63) is 6.33 Å². The van der Waals surface area contributed by atoms with E-state index in [1.54, 1.807) is 6.33 Å². The van der Waals surface area contributed by atoms with Gasteiger partial charge in [-0.15, -0.1) is 0 Å². The Hall–Kier alpha value is -0.423. The van der Waals surface area contributed by atoms with E-state index in [2.05, 4.69) is 40.5 Å². The quantitative estimate of drug-likeness (QED) is 0.702. The minimum absolute atomic E-state index is 1.03. The minimum atomic E-state index is -1.25. The van der Waals surface area contributed by atoms with Gasteiger partial charge in [-0.05, 0) is 6.92 Å². The molecule has 0 aromatic carbocycles. The van der Waals surface area contributed by atoms with E-state index >= 15 is 0 Å². The van der Waals surface area contributed by atoms with Crippen LogP contribution in [0.25, 0.3) is 0 Å². The monoisotopic (exact) mass is 201 g/mol. The summed E-state index contributed by atoms with van der Waals surface area (Å²) in [6, 6.07) is 0. The first-order valence-corrected chi connectivity index (χ1v) is 8.32. The Balaban J connectivity index is 2.84. The van der Waals surface area contributed by atoms with Crippen LogP contribution in [0.15, 0.2) is 6.33 Å². The summed E-state index contributed by atoms with van der Waals surface area (Å²) in [7, 11) is -1.25. The Bertz CT molecular complexity index is 229. The molecule has 0 unspecified atom stereocenters. The molecule has 1 aromatic heterocycles. The number of hydrogen-bond donors (Lipinski definition) is 0. The topological polar surface area (TPSA) is 29.0 Å². The van der Waals surface area contributed by atoms with E-state index in [0.29, 0.717) is 0 Å². The molecule has 1 rings (SSSR count). The standard InChI is InChI=1S/C7H15N3SSi/c1-5-10(12(2,3)4)7-8-6-9-11-7/h6H,5H2,1-4H3. The van der Waals surface area contributed by atoms with Crippen molar-refractivity contribution in [3.8, 4) is 0 Å². The van der Waals surface area contributed by atoms with Crippen molar-refractivity contribution < 1.29 is 0 Å². The average molecular weight is 201 g/mol. The van der Waals surface area contributed by atoms with Gasteiger partial charge in [0, 0.05) is 18.1 Å². The third-order valence-corrected chi connectivity index (χ3v) is 4.70. The molecule has 0 amide bonds. The fraction of sp³-hybridized carbons (Fsp3) is 0.714. The van der Waals surface area contributed by atoms with Crippen LogP contribution in [-0.4, -0.2) is 24.1 Å². The van der Waals surface area contributed by atoms with Crippen LogP contribution < -0.4 is 4.57 Å². The van der Waals surface area contributed by atoms with E-state index in [-0.39, 0.29) is 0 Å². The average Bonchev–Trinajstić information content (AvgIpc) is 2.38. The van der Waals surface area contributed by atoms with Gasteiger partial charge in [0.1, 0.15) is 14.6 Å². The fourth-order valence-corrected chi connectivity index (χ4v) is 4.22. The predicted molar refractivity (Wildman–Crippen MR) is 56.3 cm³/mol. The summed E-state index contributed by atoms with van der Waals surface area (Å²) >= 11 is 1.48. The fourth-order valence-electron chi connectivity index (χ4n) is 1.18. The van der Waals surface area contributed by atoms with Crippen LogP contribution in [0.1, 0.15) is 6.92 Å². The highest BCUT2D eigenvalue weighted by Gasteiger charge is 2.24. The Morgan fingerprint density at radius 1 is 1.50 bits per heavy atom. The summed E-state index contributed by atoms with van der Waals surface area (Å²) < 4.78 is 6.40. The van der Waals surface area contributed by atoms with E-state index < -0.39 is 8.24 Å². The zero-order chi connectivity index (χ0) is 9.19. The van der Waals surface area contributed by atoms with Crippen LogP contribution in [0, 0.1) is 0 Å². The molecular formula is C7H15N3SSi. The molecule has 68 valence electrons. The second kappa shape index (κ2) is 3.53. The van der Waals surface area contributed by atoms with Crippen molar-refractivity contribution in [2.75, 3.05) is 11.1 Å². The maximum Gasteiger partial charge on any atom is 0.196 e. The van der Waals surface area contributed by atoms with Crippen molar-refractivity contribution in [1.82, 2.24) is 9.36 Å². The third kappa shape index (κ3) is 2.04. The molecule has 0 aliphatic rings. The van der Waals surface area contributed by atoms with Crippen LogP contribution >= 0.6 is 11.5 Å². The summed E-state index contributed by atoms with van der Waals surface area (Å²) in [5, 5.41) is 1.07. The smallest absolute Gasteiger partial charge is 0.196 e. The molecule has 0 fully saturated rings. The van der Waals surface area contributed by atoms with Crippen molar-refractivity contribution in [1.29, 1.82) is 0 Å². The number of aromatic nitrogens is 2. The summed E-state index contributed by atoms with van der Waals surface area (Å²) in [5.74, 6) is 0. The normalized spacial score (nSPS) is 11.7. The molecule has 3 nitrogen and oxygen atoms in total. The van der Waals surface area contributed by atoms with E-state index in [9.17, 15) is 0 Å². The molecule has 1 aromatic rings. The lowest BCUT2D eigenvalue weighted by atomic mass is 10.8. The molecular weight excluding hydrogens is 186 g/mol. The van der Waals surface area contributed by atoms with E-state index in [1.165, 1.54) is 11.5 Å². The van der Waals surface area contributed by atoms with Crippen LogP contribution in [0.2, 0.25) is 19.6 Å². The SMILES string of the molecule is CCN(c1ncns1)[Si](C)(C)C. The molecule has 0 aliphatic carbocycles. The highest BCUT2D eigenvalue weighted by molar-refractivity contribution is 7.10. The van der Waals surface area contributed by atoms with Crippen molar-refractivity contribution >= 4 is 24.9 Å². The number of anilines is 1. The Morgan fingerprint density at radius 3 is 2.50 bits per heavy atom. The second-order valence-corrected chi connectivity index (χ2v) is 9.28. The van der Waals surface area contributed by atoms with Gasteiger partial charge < -0.3 is 4.57 Å². The number of rotatable bonds is 3. The van der Waals surface area contributed by atoms with Gasteiger partial charge in [0.2, 0.25) is 0 Å². The molecule has 0 N–H and O–H groups in total. The summed E-state index contributed by atoms with van der Waals surface area (Å²) in [6.07, 6.45) is 1.63. The second-order valence-electron chi connectivity index (χ2n) is 3.64. The Labute approximate surface area is 78.7 Å². The Morgan fingerprint density at radius 2 is 2.17 bits per heavy atom. The molecule has 0 aliphatic heterocycles. The lowest BCUT2D eigenvalue weighted by Gasteiger charge is -2.32. The van der Waals surface area contributed by atoms with Crippen molar-refractivity contribution in [3.63, 3.8) is 0 Å². The molecule has 5 heteroatoms. The van der Waals surface area contributed by atoms with Gasteiger partial charge in [0.05, 0.1) is 0 Å². The lowest BCUT2D eigenvalue weighted by Crippen LogP contribution is -2.46. The molecule has 0 bridgehead atoms.